The summed E-state index contributed by atoms with van der Waals surface area (Å²) in [6.45, 7) is 19.5. The maximum atomic E-state index is 14.0. The Hall–Kier alpha value is -2.74. The summed E-state index contributed by atoms with van der Waals surface area (Å²) in [5.41, 5.74) is -1.60. The van der Waals surface area contributed by atoms with Gasteiger partial charge in [0.05, 0.1) is 12.3 Å². The molecule has 2 aliphatic rings. The number of hydrogen-bond acceptors (Lipinski definition) is 6. The Kier molecular flexibility index (Phi) is 7.68. The third-order valence-corrected chi connectivity index (χ3v) is 14.4. The van der Waals surface area contributed by atoms with E-state index in [4.69, 9.17) is 9.16 Å². The van der Waals surface area contributed by atoms with Crippen molar-refractivity contribution in [3.8, 4) is 5.75 Å². The number of ketones is 2. The molecular formula is C29H41NO6Si. The molecule has 1 aromatic carbocycles. The monoisotopic (exact) mass is 527 g/mol. The highest BCUT2D eigenvalue weighted by Gasteiger charge is 2.68. The first-order valence-electron chi connectivity index (χ1n) is 13.3. The van der Waals surface area contributed by atoms with Crippen LogP contribution in [0.4, 0.5) is 5.69 Å². The topological polar surface area (TPSA) is 90.0 Å². The second-order valence-corrected chi connectivity index (χ2v) is 16.7. The lowest BCUT2D eigenvalue weighted by Crippen LogP contribution is -2.51. The van der Waals surface area contributed by atoms with E-state index in [9.17, 15) is 19.2 Å². The van der Waals surface area contributed by atoms with Crippen LogP contribution in [-0.4, -0.2) is 43.9 Å². The molecule has 0 aliphatic carbocycles. The van der Waals surface area contributed by atoms with Crippen LogP contribution in [0.1, 0.15) is 86.0 Å². The van der Waals surface area contributed by atoms with E-state index in [1.54, 1.807) is 45.0 Å². The van der Waals surface area contributed by atoms with Crippen molar-refractivity contribution in [3.05, 3.63) is 35.4 Å². The average molecular weight is 528 g/mol. The van der Waals surface area contributed by atoms with Crippen LogP contribution in [0.15, 0.2) is 29.8 Å². The van der Waals surface area contributed by atoms with Crippen LogP contribution in [0.5, 0.6) is 5.75 Å². The molecule has 37 heavy (non-hydrogen) atoms. The Bertz CT molecular complexity index is 1150. The number of Topliss-reactive ketones (excluding diaryl/α,β-unsaturated/α-hetero) is 2. The molecule has 0 N–H and O–H groups in total. The van der Waals surface area contributed by atoms with E-state index in [2.05, 4.69) is 41.5 Å². The van der Waals surface area contributed by atoms with E-state index in [0.717, 1.165) is 0 Å². The van der Waals surface area contributed by atoms with E-state index in [-0.39, 0.29) is 18.8 Å². The molecule has 1 aromatic rings. The minimum Gasteiger partial charge on any atom is -0.543 e. The van der Waals surface area contributed by atoms with Gasteiger partial charge in [0.1, 0.15) is 11.3 Å². The molecule has 7 nitrogen and oxygen atoms in total. The number of anilines is 1. The predicted molar refractivity (Wildman–Crippen MR) is 146 cm³/mol. The van der Waals surface area contributed by atoms with E-state index in [0.29, 0.717) is 39.2 Å². The number of esters is 1. The molecule has 0 unspecified atom stereocenters. The largest absolute Gasteiger partial charge is 0.543 e. The highest BCUT2D eigenvalue weighted by atomic mass is 28.4. The second-order valence-electron chi connectivity index (χ2n) is 11.3. The van der Waals surface area contributed by atoms with Crippen molar-refractivity contribution in [2.45, 2.75) is 97.8 Å². The van der Waals surface area contributed by atoms with Crippen LogP contribution >= 0.6 is 0 Å². The Morgan fingerprint density at radius 1 is 1.00 bits per heavy atom. The van der Waals surface area contributed by atoms with Gasteiger partial charge >= 0.3 is 5.97 Å². The molecule has 1 fully saturated rings. The average Bonchev–Trinajstić information content (AvgIpc) is 2.93. The van der Waals surface area contributed by atoms with E-state index in [1.807, 2.05) is 0 Å². The molecule has 0 aromatic heterocycles. The van der Waals surface area contributed by atoms with Gasteiger partial charge in [-0.2, -0.15) is 0 Å². The summed E-state index contributed by atoms with van der Waals surface area (Å²) in [7, 11) is -2.35. The fourth-order valence-corrected chi connectivity index (χ4v) is 11.8. The van der Waals surface area contributed by atoms with Gasteiger partial charge in [-0.3, -0.25) is 24.1 Å². The fraction of sp³-hybridized carbons (Fsp3) is 0.586. The number of amides is 1. The number of carbonyl (C=O) groups excluding carboxylic acids is 4. The molecule has 2 heterocycles. The van der Waals surface area contributed by atoms with Crippen LogP contribution in [0.25, 0.3) is 0 Å². The Morgan fingerprint density at radius 2 is 1.57 bits per heavy atom. The molecule has 0 radical (unpaired) electrons. The van der Waals surface area contributed by atoms with Crippen LogP contribution in [0.3, 0.4) is 0 Å². The number of nitrogens with zero attached hydrogens (tertiary/aromatic N) is 1. The highest BCUT2D eigenvalue weighted by Crippen LogP contribution is 2.50. The van der Waals surface area contributed by atoms with E-state index in [1.165, 1.54) is 11.8 Å². The Morgan fingerprint density at radius 3 is 2.05 bits per heavy atom. The van der Waals surface area contributed by atoms with Crippen LogP contribution in [0, 0.1) is 5.41 Å². The van der Waals surface area contributed by atoms with Crippen LogP contribution in [0.2, 0.25) is 16.6 Å². The predicted octanol–water partition coefficient (Wildman–Crippen LogP) is 6.02. The third kappa shape index (κ3) is 3.99. The SMILES string of the molecule is CCOC(=O)[C@]1(C)C(=O)N2c3cc(O[Si](C(C)C)(C(C)C)C(C)C)ccc3C(=O)C(C)=C[C@@]2(CC)C1=O. The number of fused-ring (bicyclic) bond motifs is 3. The van der Waals surface area contributed by atoms with Gasteiger partial charge in [-0.25, -0.2) is 0 Å². The second kappa shape index (κ2) is 9.85. The molecule has 8 heteroatoms. The van der Waals surface area contributed by atoms with Gasteiger partial charge in [-0.1, -0.05) is 48.5 Å². The number of hydrogen-bond donors (Lipinski definition) is 0. The number of rotatable bonds is 8. The third-order valence-electron chi connectivity index (χ3n) is 8.37. The van der Waals surface area contributed by atoms with E-state index < -0.39 is 36.9 Å². The molecule has 0 bridgehead atoms. The van der Waals surface area contributed by atoms with Gasteiger partial charge < -0.3 is 9.16 Å². The fourth-order valence-electron chi connectivity index (χ4n) is 6.51. The summed E-state index contributed by atoms with van der Waals surface area (Å²) < 4.78 is 12.1. The minimum absolute atomic E-state index is 0.0440. The summed E-state index contributed by atoms with van der Waals surface area (Å²) in [5.74, 6) is -1.84. The zero-order valence-electron chi connectivity index (χ0n) is 23.9. The molecule has 1 saturated heterocycles. The van der Waals surface area contributed by atoms with Gasteiger partial charge in [0.25, 0.3) is 14.2 Å². The van der Waals surface area contributed by atoms with Gasteiger partial charge in [-0.15, -0.1) is 0 Å². The van der Waals surface area contributed by atoms with Crippen LogP contribution in [-0.2, 0) is 19.1 Å². The maximum absolute atomic E-state index is 14.0. The molecule has 2 atom stereocenters. The lowest BCUT2D eigenvalue weighted by Gasteiger charge is -2.42. The van der Waals surface area contributed by atoms with Gasteiger partial charge in [0.2, 0.25) is 5.41 Å². The zero-order chi connectivity index (χ0) is 28.1. The number of benzene rings is 1. The molecular weight excluding hydrogens is 486 g/mol. The minimum atomic E-state index is -2.35. The lowest BCUT2D eigenvalue weighted by molar-refractivity contribution is -0.160. The molecule has 0 spiro atoms. The smallest absolute Gasteiger partial charge is 0.329 e. The summed E-state index contributed by atoms with van der Waals surface area (Å²) in [5, 5.41) is 0. The number of ether oxygens (including phenoxy) is 1. The van der Waals surface area contributed by atoms with Gasteiger partial charge in [-0.05, 0) is 67.6 Å². The van der Waals surface area contributed by atoms with E-state index >= 15 is 0 Å². The van der Waals surface area contributed by atoms with Crippen molar-refractivity contribution in [3.63, 3.8) is 0 Å². The number of allylic oxidation sites excluding steroid dienone is 1. The molecule has 202 valence electrons. The first-order valence-corrected chi connectivity index (χ1v) is 15.4. The standard InChI is InChI=1S/C29H41NO6Si/c1-11-29-16-20(9)24(31)22-14-13-21(36-37(17(3)4,18(5)6)19(7)8)15-23(22)30(29)26(33)28(10,25(29)32)27(34)35-12-2/h13-19H,11-12H2,1-10H3/t28-,29-/m0/s1. The van der Waals surface area contributed by atoms with Crippen molar-refractivity contribution in [2.75, 3.05) is 11.5 Å². The zero-order valence-corrected chi connectivity index (χ0v) is 24.9. The Balaban J connectivity index is 2.30. The summed E-state index contributed by atoms with van der Waals surface area (Å²) >= 11 is 0. The van der Waals surface area contributed by atoms with Gasteiger partial charge in [0.15, 0.2) is 11.6 Å². The maximum Gasteiger partial charge on any atom is 0.329 e. The van der Waals surface area contributed by atoms with Crippen molar-refractivity contribution >= 4 is 37.4 Å². The first kappa shape index (κ1) is 28.8. The lowest BCUT2D eigenvalue weighted by atomic mass is 9.78. The molecule has 2 aliphatic heterocycles. The van der Waals surface area contributed by atoms with Crippen molar-refractivity contribution < 1.29 is 28.3 Å². The Labute approximate surface area is 221 Å². The molecule has 0 saturated carbocycles. The summed E-state index contributed by atoms with van der Waals surface area (Å²) in [6.07, 6.45) is 1.75. The quantitative estimate of drug-likeness (QED) is 0.233. The van der Waals surface area contributed by atoms with Crippen molar-refractivity contribution in [1.29, 1.82) is 0 Å². The highest BCUT2D eigenvalue weighted by molar-refractivity contribution is 6.78. The molecule has 1 amide bonds. The summed E-state index contributed by atoms with van der Waals surface area (Å²) in [4.78, 5) is 55.8. The van der Waals surface area contributed by atoms with Crippen molar-refractivity contribution in [2.24, 2.45) is 5.41 Å². The van der Waals surface area contributed by atoms with Crippen LogP contribution < -0.4 is 9.33 Å². The molecule has 3 rings (SSSR count). The van der Waals surface area contributed by atoms with Gasteiger partial charge in [0, 0.05) is 11.6 Å². The first-order chi connectivity index (χ1) is 17.2. The number of carbonyl (C=O) groups is 4. The van der Waals surface area contributed by atoms with Crippen molar-refractivity contribution in [1.82, 2.24) is 0 Å². The summed E-state index contributed by atoms with van der Waals surface area (Å²) in [6, 6.07) is 5.17. The normalized spacial score (nSPS) is 23.9.